The highest BCUT2D eigenvalue weighted by Gasteiger charge is 2.11. The Morgan fingerprint density at radius 2 is 2.32 bits per heavy atom. The average molecular weight is 301 g/mol. The van der Waals surface area contributed by atoms with E-state index in [-0.39, 0.29) is 11.6 Å². The SMILES string of the molecule is CCn1nccc1C(=O)NCCn1c(=O)[nH]c2cncnc21. The first-order valence-corrected chi connectivity index (χ1v) is 6.89. The second-order valence-corrected chi connectivity index (χ2v) is 4.63. The summed E-state index contributed by atoms with van der Waals surface area (Å²) < 4.78 is 3.08. The zero-order valence-electron chi connectivity index (χ0n) is 12.0. The summed E-state index contributed by atoms with van der Waals surface area (Å²) in [6.45, 7) is 3.16. The number of aromatic nitrogens is 6. The number of aryl methyl sites for hydroxylation is 1. The molecule has 114 valence electrons. The van der Waals surface area contributed by atoms with Crippen molar-refractivity contribution in [2.24, 2.45) is 0 Å². The van der Waals surface area contributed by atoms with Crippen LogP contribution >= 0.6 is 0 Å². The van der Waals surface area contributed by atoms with Crippen molar-refractivity contribution in [1.29, 1.82) is 0 Å². The number of hydrogen-bond donors (Lipinski definition) is 2. The highest BCUT2D eigenvalue weighted by Crippen LogP contribution is 2.03. The van der Waals surface area contributed by atoms with Gasteiger partial charge in [0.25, 0.3) is 5.91 Å². The molecule has 3 rings (SSSR count). The maximum Gasteiger partial charge on any atom is 0.327 e. The maximum atomic E-state index is 12.1. The van der Waals surface area contributed by atoms with Crippen molar-refractivity contribution in [3.05, 3.63) is 41.0 Å². The number of rotatable bonds is 5. The number of amides is 1. The van der Waals surface area contributed by atoms with Gasteiger partial charge in [-0.3, -0.25) is 14.0 Å². The number of nitrogens with zero attached hydrogens (tertiary/aromatic N) is 5. The van der Waals surface area contributed by atoms with E-state index in [0.717, 1.165) is 0 Å². The maximum absolute atomic E-state index is 12.1. The largest absolute Gasteiger partial charge is 0.349 e. The summed E-state index contributed by atoms with van der Waals surface area (Å²) >= 11 is 0. The molecule has 0 saturated heterocycles. The quantitative estimate of drug-likeness (QED) is 0.676. The molecule has 0 radical (unpaired) electrons. The van der Waals surface area contributed by atoms with E-state index >= 15 is 0 Å². The van der Waals surface area contributed by atoms with Crippen LogP contribution in [0.25, 0.3) is 11.2 Å². The third-order valence-corrected chi connectivity index (χ3v) is 3.30. The first-order valence-electron chi connectivity index (χ1n) is 6.89. The number of aromatic amines is 1. The van der Waals surface area contributed by atoms with Crippen molar-refractivity contribution in [3.63, 3.8) is 0 Å². The molecule has 0 aromatic carbocycles. The monoisotopic (exact) mass is 301 g/mol. The molecular formula is C13H15N7O2. The number of H-pyrrole nitrogens is 1. The Bertz CT molecular complexity index is 861. The molecule has 2 N–H and O–H groups in total. The van der Waals surface area contributed by atoms with Crippen LogP contribution in [0, 0.1) is 0 Å². The molecule has 9 heteroatoms. The van der Waals surface area contributed by atoms with Crippen LogP contribution in [0.5, 0.6) is 0 Å². The minimum Gasteiger partial charge on any atom is -0.349 e. The van der Waals surface area contributed by atoms with Gasteiger partial charge in [-0.1, -0.05) is 0 Å². The van der Waals surface area contributed by atoms with Crippen LogP contribution < -0.4 is 11.0 Å². The van der Waals surface area contributed by atoms with E-state index in [0.29, 0.717) is 36.5 Å². The fraction of sp³-hybridized carbons (Fsp3) is 0.308. The second-order valence-electron chi connectivity index (χ2n) is 4.63. The molecule has 0 bridgehead atoms. The molecular weight excluding hydrogens is 286 g/mol. The number of nitrogens with one attached hydrogen (secondary N) is 2. The van der Waals surface area contributed by atoms with Crippen molar-refractivity contribution in [3.8, 4) is 0 Å². The van der Waals surface area contributed by atoms with Gasteiger partial charge in [-0.25, -0.2) is 14.8 Å². The summed E-state index contributed by atoms with van der Waals surface area (Å²) in [5.41, 5.74) is 1.31. The molecule has 0 aliphatic rings. The first kappa shape index (κ1) is 14.0. The topological polar surface area (TPSA) is 110 Å². The van der Waals surface area contributed by atoms with Crippen molar-refractivity contribution in [2.45, 2.75) is 20.0 Å². The van der Waals surface area contributed by atoms with Crippen LogP contribution in [0.2, 0.25) is 0 Å². The molecule has 22 heavy (non-hydrogen) atoms. The summed E-state index contributed by atoms with van der Waals surface area (Å²) in [4.78, 5) is 34.5. The molecule has 0 saturated carbocycles. The Morgan fingerprint density at radius 1 is 1.45 bits per heavy atom. The van der Waals surface area contributed by atoms with Gasteiger partial charge in [0, 0.05) is 25.8 Å². The van der Waals surface area contributed by atoms with Gasteiger partial charge in [0.2, 0.25) is 0 Å². The van der Waals surface area contributed by atoms with E-state index in [1.807, 2.05) is 6.92 Å². The van der Waals surface area contributed by atoms with Gasteiger partial charge in [-0.15, -0.1) is 0 Å². The molecule has 3 aromatic heterocycles. The lowest BCUT2D eigenvalue weighted by molar-refractivity contribution is 0.0941. The molecule has 0 spiro atoms. The van der Waals surface area contributed by atoms with E-state index in [4.69, 9.17) is 0 Å². The third-order valence-electron chi connectivity index (χ3n) is 3.30. The molecule has 3 aromatic rings. The third kappa shape index (κ3) is 2.48. The van der Waals surface area contributed by atoms with Gasteiger partial charge in [0.1, 0.15) is 17.5 Å². The summed E-state index contributed by atoms with van der Waals surface area (Å²) in [5.74, 6) is -0.220. The fourth-order valence-electron chi connectivity index (χ4n) is 2.26. The Hall–Kier alpha value is -2.97. The Morgan fingerprint density at radius 3 is 3.14 bits per heavy atom. The predicted molar refractivity (Wildman–Crippen MR) is 78.4 cm³/mol. The van der Waals surface area contributed by atoms with Gasteiger partial charge >= 0.3 is 5.69 Å². The van der Waals surface area contributed by atoms with Gasteiger partial charge < -0.3 is 10.3 Å². The predicted octanol–water partition coefficient (Wildman–Crippen LogP) is -0.234. The van der Waals surface area contributed by atoms with Crippen LogP contribution in [-0.2, 0) is 13.1 Å². The normalized spacial score (nSPS) is 11.0. The van der Waals surface area contributed by atoms with E-state index in [2.05, 4.69) is 25.4 Å². The lowest BCUT2D eigenvalue weighted by atomic mass is 10.4. The number of fused-ring (bicyclic) bond motifs is 1. The smallest absolute Gasteiger partial charge is 0.327 e. The summed E-state index contributed by atoms with van der Waals surface area (Å²) in [6, 6.07) is 1.66. The highest BCUT2D eigenvalue weighted by atomic mass is 16.2. The lowest BCUT2D eigenvalue weighted by Gasteiger charge is -2.07. The fourth-order valence-corrected chi connectivity index (χ4v) is 2.26. The summed E-state index contributed by atoms with van der Waals surface area (Å²) in [6.07, 6.45) is 4.50. The molecule has 0 aliphatic heterocycles. The van der Waals surface area contributed by atoms with E-state index in [1.165, 1.54) is 10.9 Å². The molecule has 1 amide bonds. The van der Waals surface area contributed by atoms with Gasteiger partial charge in [0.15, 0.2) is 5.65 Å². The van der Waals surface area contributed by atoms with Crippen molar-refractivity contribution >= 4 is 17.1 Å². The molecule has 0 fully saturated rings. The summed E-state index contributed by atoms with van der Waals surface area (Å²) in [7, 11) is 0. The zero-order valence-corrected chi connectivity index (χ0v) is 12.0. The molecule has 3 heterocycles. The number of carbonyl (C=O) groups excluding carboxylic acids is 1. The molecule has 0 aliphatic carbocycles. The Balaban J connectivity index is 1.69. The first-order chi connectivity index (χ1) is 10.7. The van der Waals surface area contributed by atoms with Gasteiger partial charge in [-0.2, -0.15) is 5.10 Å². The second kappa shape index (κ2) is 5.80. The van der Waals surface area contributed by atoms with Crippen LogP contribution in [0.3, 0.4) is 0 Å². The van der Waals surface area contributed by atoms with Crippen molar-refractivity contribution in [1.82, 2.24) is 34.6 Å². The van der Waals surface area contributed by atoms with Gasteiger partial charge in [-0.05, 0) is 13.0 Å². The lowest BCUT2D eigenvalue weighted by Crippen LogP contribution is -2.31. The molecule has 0 atom stereocenters. The highest BCUT2D eigenvalue weighted by molar-refractivity contribution is 5.92. The van der Waals surface area contributed by atoms with E-state index < -0.39 is 0 Å². The summed E-state index contributed by atoms with van der Waals surface area (Å²) in [5, 5.41) is 6.82. The molecule has 0 unspecified atom stereocenters. The van der Waals surface area contributed by atoms with Gasteiger partial charge in [0.05, 0.1) is 6.20 Å². The average Bonchev–Trinajstić information content (AvgIpc) is 3.11. The minimum atomic E-state index is -0.275. The Labute approximate surface area is 125 Å². The zero-order chi connectivity index (χ0) is 15.5. The van der Waals surface area contributed by atoms with Crippen LogP contribution in [0.4, 0.5) is 0 Å². The van der Waals surface area contributed by atoms with Crippen LogP contribution in [0.15, 0.2) is 29.6 Å². The van der Waals surface area contributed by atoms with Crippen molar-refractivity contribution in [2.75, 3.05) is 6.54 Å². The van der Waals surface area contributed by atoms with E-state index in [1.54, 1.807) is 23.1 Å². The standard InChI is InChI=1S/C13H15N7O2/c1-2-20-10(3-4-17-20)12(21)15-5-6-19-11-9(18-13(19)22)7-14-8-16-11/h3-4,7-8H,2,5-6H2,1H3,(H,15,21)(H,18,22). The number of hydrogen-bond acceptors (Lipinski definition) is 5. The number of carbonyl (C=O) groups is 1. The van der Waals surface area contributed by atoms with Crippen molar-refractivity contribution < 1.29 is 4.79 Å². The van der Waals surface area contributed by atoms with Crippen LogP contribution in [0.1, 0.15) is 17.4 Å². The Kier molecular flexibility index (Phi) is 3.69. The molecule has 9 nitrogen and oxygen atoms in total. The number of imidazole rings is 1. The van der Waals surface area contributed by atoms with Crippen LogP contribution in [-0.4, -0.2) is 41.8 Å². The minimum absolute atomic E-state index is 0.220. The van der Waals surface area contributed by atoms with E-state index in [9.17, 15) is 9.59 Å².